The minimum atomic E-state index is -3.40. The van der Waals surface area contributed by atoms with Gasteiger partial charge in [-0.05, 0) is 37.5 Å². The molecule has 2 heterocycles. The molecule has 5 nitrogen and oxygen atoms in total. The molecule has 1 aromatic heterocycles. The lowest BCUT2D eigenvalue weighted by Crippen LogP contribution is -2.29. The van der Waals surface area contributed by atoms with E-state index in [-0.39, 0.29) is 0 Å². The summed E-state index contributed by atoms with van der Waals surface area (Å²) in [6, 6.07) is 2.16. The molecular weight excluding hydrogens is 294 g/mol. The highest BCUT2D eigenvalue weighted by atomic mass is 32.2. The second-order valence-corrected chi connectivity index (χ2v) is 8.67. The van der Waals surface area contributed by atoms with Gasteiger partial charge in [-0.25, -0.2) is 13.1 Å². The molecule has 1 saturated heterocycles. The van der Waals surface area contributed by atoms with E-state index in [1.165, 1.54) is 6.42 Å². The van der Waals surface area contributed by atoms with Gasteiger partial charge in [0.05, 0.1) is 4.90 Å². The van der Waals surface area contributed by atoms with E-state index in [1.54, 1.807) is 12.3 Å². The van der Waals surface area contributed by atoms with Gasteiger partial charge in [0.25, 0.3) is 0 Å². The third-order valence-electron chi connectivity index (χ3n) is 3.89. The minimum Gasteiger partial charge on any atom is -0.346 e. The molecule has 0 radical (unpaired) electrons. The molecule has 20 heavy (non-hydrogen) atoms. The van der Waals surface area contributed by atoms with Crippen LogP contribution in [0.15, 0.2) is 17.2 Å². The van der Waals surface area contributed by atoms with Crippen molar-refractivity contribution >= 4 is 21.8 Å². The van der Waals surface area contributed by atoms with Gasteiger partial charge in [-0.1, -0.05) is 0 Å². The van der Waals surface area contributed by atoms with Crippen molar-refractivity contribution in [2.45, 2.75) is 48.4 Å². The number of hydrogen-bond acceptors (Lipinski definition) is 4. The first kappa shape index (κ1) is 14.4. The Labute approximate surface area is 124 Å². The van der Waals surface area contributed by atoms with Crippen LogP contribution >= 0.6 is 11.8 Å². The molecule has 0 amide bonds. The second-order valence-electron chi connectivity index (χ2n) is 5.50. The van der Waals surface area contributed by atoms with E-state index in [2.05, 4.69) is 4.72 Å². The van der Waals surface area contributed by atoms with Gasteiger partial charge in [-0.2, -0.15) is 11.8 Å². The highest BCUT2D eigenvalue weighted by molar-refractivity contribution is 8.00. The van der Waals surface area contributed by atoms with E-state index < -0.39 is 10.0 Å². The van der Waals surface area contributed by atoms with E-state index >= 15 is 0 Å². The third-order valence-corrected chi connectivity index (χ3v) is 6.68. The van der Waals surface area contributed by atoms with Gasteiger partial charge in [-0.3, -0.25) is 0 Å². The maximum atomic E-state index is 12.3. The summed E-state index contributed by atoms with van der Waals surface area (Å²) in [6.07, 6.45) is 6.27. The van der Waals surface area contributed by atoms with Crippen molar-refractivity contribution in [1.29, 1.82) is 0 Å². The highest BCUT2D eigenvalue weighted by Crippen LogP contribution is 2.37. The molecule has 1 aliphatic heterocycles. The van der Waals surface area contributed by atoms with Crippen molar-refractivity contribution in [2.24, 2.45) is 5.73 Å². The molecule has 0 aromatic carbocycles. The van der Waals surface area contributed by atoms with Crippen molar-refractivity contribution in [3.63, 3.8) is 0 Å². The number of nitrogens with one attached hydrogen (secondary N) is 1. The zero-order valence-corrected chi connectivity index (χ0v) is 13.0. The number of thioether (sulfide) groups is 1. The van der Waals surface area contributed by atoms with Gasteiger partial charge < -0.3 is 10.3 Å². The Kier molecular flexibility index (Phi) is 4.12. The van der Waals surface area contributed by atoms with Crippen LogP contribution in [-0.2, 0) is 16.6 Å². The van der Waals surface area contributed by atoms with Crippen molar-refractivity contribution in [3.05, 3.63) is 18.0 Å². The van der Waals surface area contributed by atoms with E-state index in [0.717, 1.165) is 30.7 Å². The summed E-state index contributed by atoms with van der Waals surface area (Å²) in [5, 5.41) is 0.421. The van der Waals surface area contributed by atoms with Crippen LogP contribution in [0.2, 0.25) is 0 Å². The van der Waals surface area contributed by atoms with Gasteiger partial charge in [0.2, 0.25) is 10.0 Å². The van der Waals surface area contributed by atoms with Crippen molar-refractivity contribution in [2.75, 3.05) is 12.3 Å². The van der Waals surface area contributed by atoms with Crippen molar-refractivity contribution in [1.82, 2.24) is 9.29 Å². The molecule has 1 aromatic rings. The van der Waals surface area contributed by atoms with Gasteiger partial charge in [0.15, 0.2) is 0 Å². The summed E-state index contributed by atoms with van der Waals surface area (Å²) in [7, 11) is -3.40. The van der Waals surface area contributed by atoms with Crippen LogP contribution in [0.1, 0.15) is 37.4 Å². The second kappa shape index (κ2) is 5.71. The lowest BCUT2D eigenvalue weighted by atomic mass is 10.2. The molecule has 112 valence electrons. The van der Waals surface area contributed by atoms with Crippen LogP contribution in [-0.4, -0.2) is 30.5 Å². The Hall–Kier alpha value is -0.500. The van der Waals surface area contributed by atoms with Gasteiger partial charge in [-0.15, -0.1) is 0 Å². The van der Waals surface area contributed by atoms with Gasteiger partial charge >= 0.3 is 0 Å². The summed E-state index contributed by atoms with van der Waals surface area (Å²) >= 11 is 1.85. The predicted molar refractivity (Wildman–Crippen MR) is 81.3 cm³/mol. The average molecular weight is 315 g/mol. The molecule has 3 N–H and O–H groups in total. The first-order valence-electron chi connectivity index (χ1n) is 7.12. The average Bonchev–Trinajstić information content (AvgIpc) is 2.98. The largest absolute Gasteiger partial charge is 0.346 e. The van der Waals surface area contributed by atoms with Crippen LogP contribution < -0.4 is 10.5 Å². The molecule has 7 heteroatoms. The Morgan fingerprint density at radius 3 is 2.80 bits per heavy atom. The first-order chi connectivity index (χ1) is 9.60. The summed E-state index contributed by atoms with van der Waals surface area (Å²) < 4.78 is 29.4. The monoisotopic (exact) mass is 315 g/mol. The Bertz CT molecular complexity index is 572. The molecule has 1 aliphatic carbocycles. The maximum absolute atomic E-state index is 12.3. The topological polar surface area (TPSA) is 77.1 Å². The smallest absolute Gasteiger partial charge is 0.242 e. The van der Waals surface area contributed by atoms with E-state index in [9.17, 15) is 8.42 Å². The molecule has 1 saturated carbocycles. The van der Waals surface area contributed by atoms with Crippen LogP contribution in [0.5, 0.6) is 0 Å². The lowest BCUT2D eigenvalue weighted by Gasteiger charge is -2.09. The normalized spacial score (nSPS) is 23.4. The van der Waals surface area contributed by atoms with E-state index in [0.29, 0.717) is 29.3 Å². The Morgan fingerprint density at radius 2 is 2.20 bits per heavy atom. The fourth-order valence-electron chi connectivity index (χ4n) is 2.59. The third kappa shape index (κ3) is 3.05. The van der Waals surface area contributed by atoms with E-state index in [4.69, 9.17) is 5.73 Å². The van der Waals surface area contributed by atoms with E-state index in [1.807, 2.05) is 16.3 Å². The standard InChI is InChI=1S/C13H21N3O2S2/c14-7-11-6-13(9-16(11)10-3-4-10)20(17,18)15-8-12-2-1-5-19-12/h6,9-10,12,15H,1-5,7-8,14H2. The van der Waals surface area contributed by atoms with Crippen LogP contribution in [0.3, 0.4) is 0 Å². The first-order valence-corrected chi connectivity index (χ1v) is 9.65. The number of hydrogen-bond donors (Lipinski definition) is 2. The highest BCUT2D eigenvalue weighted by Gasteiger charge is 2.28. The zero-order valence-electron chi connectivity index (χ0n) is 11.4. The number of sulfonamides is 1. The molecule has 0 bridgehead atoms. The SMILES string of the molecule is NCc1cc(S(=O)(=O)NCC2CCCS2)cn1C1CC1. The Balaban J connectivity index is 1.72. The number of nitrogens with zero attached hydrogens (tertiary/aromatic N) is 1. The quantitative estimate of drug-likeness (QED) is 0.833. The number of rotatable bonds is 6. The maximum Gasteiger partial charge on any atom is 0.242 e. The summed E-state index contributed by atoms with van der Waals surface area (Å²) in [5.41, 5.74) is 6.61. The minimum absolute atomic E-state index is 0.354. The summed E-state index contributed by atoms with van der Waals surface area (Å²) in [4.78, 5) is 0.354. The van der Waals surface area contributed by atoms with Gasteiger partial charge in [0.1, 0.15) is 0 Å². The molecule has 3 rings (SSSR count). The van der Waals surface area contributed by atoms with Crippen LogP contribution in [0, 0.1) is 0 Å². The fourth-order valence-corrected chi connectivity index (χ4v) is 5.03. The number of aromatic nitrogens is 1. The molecule has 1 atom stereocenters. The number of nitrogens with two attached hydrogens (primary N) is 1. The summed E-state index contributed by atoms with van der Waals surface area (Å²) in [5.74, 6) is 1.14. The Morgan fingerprint density at radius 1 is 1.40 bits per heavy atom. The molecule has 0 spiro atoms. The fraction of sp³-hybridized carbons (Fsp3) is 0.692. The lowest BCUT2D eigenvalue weighted by molar-refractivity contribution is 0.578. The van der Waals surface area contributed by atoms with Crippen molar-refractivity contribution < 1.29 is 8.42 Å². The summed E-state index contributed by atoms with van der Waals surface area (Å²) in [6.45, 7) is 0.907. The molecular formula is C13H21N3O2S2. The molecule has 2 aliphatic rings. The van der Waals surface area contributed by atoms with Crippen molar-refractivity contribution in [3.8, 4) is 0 Å². The predicted octanol–water partition coefficient (Wildman–Crippen LogP) is 1.46. The van der Waals surface area contributed by atoms with Crippen LogP contribution in [0.4, 0.5) is 0 Å². The molecule has 2 fully saturated rings. The van der Waals surface area contributed by atoms with Crippen LogP contribution in [0.25, 0.3) is 0 Å². The zero-order chi connectivity index (χ0) is 14.2. The molecule has 1 unspecified atom stereocenters. The van der Waals surface area contributed by atoms with Gasteiger partial charge in [0, 0.05) is 36.3 Å².